The molecular formula is C15H24N2O4. The average Bonchev–Trinajstić information content (AvgIpc) is 2.33. The third-order valence-electron chi connectivity index (χ3n) is 2.83. The topological polar surface area (TPSA) is 105 Å². The predicted octanol–water partition coefficient (Wildman–Crippen LogP) is 1.50. The summed E-state index contributed by atoms with van der Waals surface area (Å²) in [7, 11) is 0. The molecule has 0 spiro atoms. The zero-order chi connectivity index (χ0) is 16.2. The lowest BCUT2D eigenvalue weighted by Crippen LogP contribution is -2.39. The molecule has 21 heavy (non-hydrogen) atoms. The molecule has 118 valence electrons. The Morgan fingerprint density at radius 3 is 2.52 bits per heavy atom. The van der Waals surface area contributed by atoms with Crippen LogP contribution in [0.5, 0.6) is 0 Å². The van der Waals surface area contributed by atoms with Gasteiger partial charge in [-0.3, -0.25) is 0 Å². The minimum absolute atomic E-state index is 0.111. The van der Waals surface area contributed by atoms with Crippen molar-refractivity contribution >= 4 is 11.8 Å². The van der Waals surface area contributed by atoms with Gasteiger partial charge in [-0.2, -0.15) is 0 Å². The van der Waals surface area contributed by atoms with Crippen LogP contribution >= 0.6 is 0 Å². The van der Waals surface area contributed by atoms with Gasteiger partial charge < -0.3 is 26.0 Å². The van der Waals surface area contributed by atoms with Crippen molar-refractivity contribution in [3.63, 3.8) is 0 Å². The van der Waals surface area contributed by atoms with Crippen LogP contribution < -0.4 is 11.1 Å². The monoisotopic (exact) mass is 296 g/mol. The number of carbonyl (C=O) groups excluding carboxylic acids is 1. The second-order valence-electron chi connectivity index (χ2n) is 6.01. The van der Waals surface area contributed by atoms with Gasteiger partial charge in [0.05, 0.1) is 0 Å². The van der Waals surface area contributed by atoms with Gasteiger partial charge >= 0.3 is 6.09 Å². The fourth-order valence-electron chi connectivity index (χ4n) is 1.85. The fraction of sp³-hybridized carbons (Fsp3) is 0.533. The molecule has 0 heterocycles. The van der Waals surface area contributed by atoms with Gasteiger partial charge in [0.15, 0.2) is 0 Å². The van der Waals surface area contributed by atoms with E-state index in [1.54, 1.807) is 45.9 Å². The van der Waals surface area contributed by atoms with Crippen molar-refractivity contribution in [1.29, 1.82) is 0 Å². The molecule has 0 aliphatic rings. The van der Waals surface area contributed by atoms with Gasteiger partial charge in [-0.05, 0) is 51.0 Å². The number of alkyl carbamates (subject to hydrolysis) is 1. The summed E-state index contributed by atoms with van der Waals surface area (Å²) >= 11 is 0. The van der Waals surface area contributed by atoms with Gasteiger partial charge in [-0.25, -0.2) is 4.79 Å². The maximum Gasteiger partial charge on any atom is 0.407 e. The second kappa shape index (κ2) is 6.78. The summed E-state index contributed by atoms with van der Waals surface area (Å²) in [5.41, 5.74) is 6.97. The number of benzene rings is 1. The maximum absolute atomic E-state index is 11.5. The molecule has 1 aromatic carbocycles. The van der Waals surface area contributed by atoms with Gasteiger partial charge in [-0.1, -0.05) is 6.07 Å². The fourth-order valence-corrected chi connectivity index (χ4v) is 1.85. The Kier molecular flexibility index (Phi) is 5.57. The SMILES string of the molecule is Cc1cc(N)ccc1C(O)C(O)CNC(=O)OC(C)(C)C. The van der Waals surface area contributed by atoms with E-state index in [4.69, 9.17) is 10.5 Å². The van der Waals surface area contributed by atoms with E-state index in [1.165, 1.54) is 0 Å². The number of carbonyl (C=O) groups is 1. The first kappa shape index (κ1) is 17.3. The highest BCUT2D eigenvalue weighted by Gasteiger charge is 2.22. The molecule has 6 nitrogen and oxygen atoms in total. The number of ether oxygens (including phenoxy) is 1. The molecule has 0 aromatic heterocycles. The summed E-state index contributed by atoms with van der Waals surface area (Å²) in [6, 6.07) is 5.03. The molecule has 2 unspecified atom stereocenters. The molecule has 0 bridgehead atoms. The number of nitrogen functional groups attached to an aromatic ring is 1. The van der Waals surface area contributed by atoms with Gasteiger partial charge in [0.25, 0.3) is 0 Å². The Labute approximate surface area is 124 Å². The summed E-state index contributed by atoms with van der Waals surface area (Å²) in [6.45, 7) is 6.92. The van der Waals surface area contributed by atoms with Crippen molar-refractivity contribution in [1.82, 2.24) is 5.32 Å². The van der Waals surface area contributed by atoms with E-state index in [9.17, 15) is 15.0 Å². The van der Waals surface area contributed by atoms with Crippen LogP contribution in [0, 0.1) is 6.92 Å². The lowest BCUT2D eigenvalue weighted by atomic mass is 9.99. The number of rotatable bonds is 4. The largest absolute Gasteiger partial charge is 0.444 e. The van der Waals surface area contributed by atoms with Crippen molar-refractivity contribution in [2.45, 2.75) is 45.5 Å². The molecule has 6 heteroatoms. The number of aryl methyl sites for hydroxylation is 1. The number of hydrogen-bond acceptors (Lipinski definition) is 5. The molecule has 5 N–H and O–H groups in total. The van der Waals surface area contributed by atoms with Crippen LogP contribution in [0.4, 0.5) is 10.5 Å². The van der Waals surface area contributed by atoms with Gasteiger partial charge in [0, 0.05) is 12.2 Å². The minimum atomic E-state index is -1.14. The third-order valence-corrected chi connectivity index (χ3v) is 2.83. The molecule has 1 amide bonds. The number of amides is 1. The molecule has 0 saturated heterocycles. The first-order valence-corrected chi connectivity index (χ1v) is 6.79. The van der Waals surface area contributed by atoms with Crippen LogP contribution in [-0.4, -0.2) is 34.6 Å². The number of aliphatic hydroxyl groups is 2. The summed E-state index contributed by atoms with van der Waals surface area (Å²) in [5.74, 6) is 0. The average molecular weight is 296 g/mol. The van der Waals surface area contributed by atoms with Crippen molar-refractivity contribution in [2.75, 3.05) is 12.3 Å². The molecule has 0 radical (unpaired) electrons. The van der Waals surface area contributed by atoms with E-state index in [1.807, 2.05) is 0 Å². The Balaban J connectivity index is 2.59. The van der Waals surface area contributed by atoms with Gasteiger partial charge in [-0.15, -0.1) is 0 Å². The highest BCUT2D eigenvalue weighted by Crippen LogP contribution is 2.22. The summed E-state index contributed by atoms with van der Waals surface area (Å²) in [5, 5.41) is 22.5. The number of hydrogen-bond donors (Lipinski definition) is 4. The molecule has 0 saturated carbocycles. The lowest BCUT2D eigenvalue weighted by Gasteiger charge is -2.23. The van der Waals surface area contributed by atoms with E-state index in [0.717, 1.165) is 5.56 Å². The Morgan fingerprint density at radius 1 is 1.38 bits per heavy atom. The maximum atomic E-state index is 11.5. The number of nitrogens with one attached hydrogen (secondary N) is 1. The normalized spacial score (nSPS) is 14.4. The molecule has 0 aliphatic heterocycles. The molecule has 0 aliphatic carbocycles. The first-order chi connectivity index (χ1) is 9.60. The van der Waals surface area contributed by atoms with Crippen LogP contribution in [0.1, 0.15) is 38.0 Å². The lowest BCUT2D eigenvalue weighted by molar-refractivity contribution is 0.0126. The van der Waals surface area contributed by atoms with Crippen LogP contribution in [-0.2, 0) is 4.74 Å². The Hall–Kier alpha value is -1.79. The van der Waals surface area contributed by atoms with E-state index >= 15 is 0 Å². The number of aliphatic hydroxyl groups excluding tert-OH is 2. The van der Waals surface area contributed by atoms with Gasteiger partial charge in [0.2, 0.25) is 0 Å². The minimum Gasteiger partial charge on any atom is -0.444 e. The van der Waals surface area contributed by atoms with Crippen molar-refractivity contribution < 1.29 is 19.7 Å². The second-order valence-corrected chi connectivity index (χ2v) is 6.01. The highest BCUT2D eigenvalue weighted by molar-refractivity contribution is 5.67. The molecule has 2 atom stereocenters. The Bertz CT molecular complexity index is 497. The third kappa shape index (κ3) is 5.61. The van der Waals surface area contributed by atoms with Crippen molar-refractivity contribution in [3.05, 3.63) is 29.3 Å². The van der Waals surface area contributed by atoms with Crippen LogP contribution in [0.3, 0.4) is 0 Å². The zero-order valence-electron chi connectivity index (χ0n) is 12.9. The van der Waals surface area contributed by atoms with E-state index in [0.29, 0.717) is 11.3 Å². The number of anilines is 1. The molecular weight excluding hydrogens is 272 g/mol. The summed E-state index contributed by atoms with van der Waals surface area (Å²) in [6.07, 6.45) is -2.89. The van der Waals surface area contributed by atoms with Crippen LogP contribution in [0.2, 0.25) is 0 Å². The quantitative estimate of drug-likeness (QED) is 0.630. The van der Waals surface area contributed by atoms with Crippen molar-refractivity contribution in [2.24, 2.45) is 0 Å². The smallest absolute Gasteiger partial charge is 0.407 e. The van der Waals surface area contributed by atoms with Crippen LogP contribution in [0.15, 0.2) is 18.2 Å². The highest BCUT2D eigenvalue weighted by atomic mass is 16.6. The van der Waals surface area contributed by atoms with E-state index < -0.39 is 23.9 Å². The Morgan fingerprint density at radius 2 is 2.00 bits per heavy atom. The summed E-state index contributed by atoms with van der Waals surface area (Å²) in [4.78, 5) is 11.5. The first-order valence-electron chi connectivity index (χ1n) is 6.79. The van der Waals surface area contributed by atoms with Gasteiger partial charge in [0.1, 0.15) is 17.8 Å². The van der Waals surface area contributed by atoms with E-state index in [2.05, 4.69) is 5.32 Å². The number of nitrogens with two attached hydrogens (primary N) is 1. The zero-order valence-corrected chi connectivity index (χ0v) is 12.9. The molecule has 1 aromatic rings. The molecule has 1 rings (SSSR count). The van der Waals surface area contributed by atoms with E-state index in [-0.39, 0.29) is 6.54 Å². The summed E-state index contributed by atoms with van der Waals surface area (Å²) < 4.78 is 5.05. The van der Waals surface area contributed by atoms with Crippen molar-refractivity contribution in [3.8, 4) is 0 Å². The predicted molar refractivity (Wildman–Crippen MR) is 80.8 cm³/mol. The molecule has 0 fully saturated rings. The standard InChI is InChI=1S/C15H24N2O4/c1-9-7-10(16)5-6-11(9)13(19)12(18)8-17-14(20)21-15(2,3)4/h5-7,12-13,18-19H,8,16H2,1-4H3,(H,17,20). The van der Waals surface area contributed by atoms with Crippen LogP contribution in [0.25, 0.3) is 0 Å².